The van der Waals surface area contributed by atoms with E-state index < -0.39 is 0 Å². The molecule has 0 atom stereocenters. The van der Waals surface area contributed by atoms with Gasteiger partial charge in [-0.1, -0.05) is 57.0 Å². The van der Waals surface area contributed by atoms with Gasteiger partial charge in [0.1, 0.15) is 5.75 Å². The summed E-state index contributed by atoms with van der Waals surface area (Å²) in [6.45, 7) is 2.77. The second kappa shape index (κ2) is 7.70. The van der Waals surface area contributed by atoms with Gasteiger partial charge in [-0.3, -0.25) is 0 Å². The Balaban J connectivity index is 2.27. The summed E-state index contributed by atoms with van der Waals surface area (Å²) >= 11 is 6.95. The van der Waals surface area contributed by atoms with Crippen molar-refractivity contribution in [3.8, 4) is 17.2 Å². The van der Waals surface area contributed by atoms with Crippen molar-refractivity contribution in [3.05, 3.63) is 52.5 Å². The van der Waals surface area contributed by atoms with Crippen molar-refractivity contribution in [1.29, 1.82) is 0 Å². The number of alkyl halides is 1. The summed E-state index contributed by atoms with van der Waals surface area (Å²) in [5, 5.41) is 0.744. The van der Waals surface area contributed by atoms with E-state index in [1.807, 2.05) is 42.5 Å². The Morgan fingerprint density at radius 1 is 1.00 bits per heavy atom. The van der Waals surface area contributed by atoms with Crippen LogP contribution >= 0.6 is 31.9 Å². The quantitative estimate of drug-likeness (QED) is 0.560. The van der Waals surface area contributed by atoms with Gasteiger partial charge < -0.3 is 9.47 Å². The molecule has 0 aromatic heterocycles. The van der Waals surface area contributed by atoms with E-state index in [9.17, 15) is 0 Å². The molecule has 0 saturated carbocycles. The second-order valence-corrected chi connectivity index (χ2v) is 5.76. The van der Waals surface area contributed by atoms with Crippen LogP contribution in [0.3, 0.4) is 0 Å². The van der Waals surface area contributed by atoms with E-state index in [1.165, 1.54) is 0 Å². The molecule has 0 heterocycles. The van der Waals surface area contributed by atoms with Crippen molar-refractivity contribution in [1.82, 2.24) is 0 Å². The maximum atomic E-state index is 6.02. The first kappa shape index (κ1) is 15.4. The summed E-state index contributed by atoms with van der Waals surface area (Å²) < 4.78 is 12.7. The van der Waals surface area contributed by atoms with Crippen LogP contribution in [0.1, 0.15) is 18.9 Å². The Morgan fingerprint density at radius 3 is 2.45 bits per heavy atom. The molecular weight excluding hydrogens is 384 g/mol. The second-order valence-electron chi connectivity index (χ2n) is 4.28. The molecule has 0 unspecified atom stereocenters. The van der Waals surface area contributed by atoms with Crippen LogP contribution in [0.2, 0.25) is 0 Å². The van der Waals surface area contributed by atoms with Crippen LogP contribution in [0.15, 0.2) is 46.9 Å². The highest BCUT2D eigenvalue weighted by molar-refractivity contribution is 9.10. The average molecular weight is 400 g/mol. The molecule has 106 valence electrons. The van der Waals surface area contributed by atoms with E-state index in [4.69, 9.17) is 9.47 Å². The Bertz CT molecular complexity index is 570. The van der Waals surface area contributed by atoms with Crippen molar-refractivity contribution >= 4 is 31.9 Å². The number of benzene rings is 2. The van der Waals surface area contributed by atoms with Crippen molar-refractivity contribution < 1.29 is 9.47 Å². The van der Waals surface area contributed by atoms with Gasteiger partial charge in [0.15, 0.2) is 11.5 Å². The van der Waals surface area contributed by atoms with Crippen LogP contribution in [0.25, 0.3) is 0 Å². The van der Waals surface area contributed by atoms with E-state index >= 15 is 0 Å². The molecule has 0 aliphatic rings. The van der Waals surface area contributed by atoms with Gasteiger partial charge in [0.2, 0.25) is 0 Å². The van der Waals surface area contributed by atoms with Crippen LogP contribution in [0, 0.1) is 0 Å². The van der Waals surface area contributed by atoms with Crippen molar-refractivity contribution in [2.24, 2.45) is 0 Å². The van der Waals surface area contributed by atoms with Gasteiger partial charge in [0.25, 0.3) is 0 Å². The van der Waals surface area contributed by atoms with Gasteiger partial charge in [-0.2, -0.15) is 0 Å². The zero-order chi connectivity index (χ0) is 14.4. The highest BCUT2D eigenvalue weighted by Gasteiger charge is 2.09. The highest BCUT2D eigenvalue weighted by atomic mass is 79.9. The van der Waals surface area contributed by atoms with E-state index in [0.29, 0.717) is 6.61 Å². The van der Waals surface area contributed by atoms with Gasteiger partial charge in [0, 0.05) is 15.4 Å². The molecule has 0 aliphatic carbocycles. The first-order valence-corrected chi connectivity index (χ1v) is 8.40. The Kier molecular flexibility index (Phi) is 5.92. The van der Waals surface area contributed by atoms with E-state index in [0.717, 1.165) is 39.0 Å². The number of ether oxygens (including phenoxy) is 2. The molecule has 0 radical (unpaired) electrons. The lowest BCUT2D eigenvalue weighted by Crippen LogP contribution is -1.98. The van der Waals surface area contributed by atoms with Crippen molar-refractivity contribution in [3.63, 3.8) is 0 Å². The summed E-state index contributed by atoms with van der Waals surface area (Å²) in [7, 11) is 0. The Labute approximate surface area is 136 Å². The summed E-state index contributed by atoms with van der Waals surface area (Å²) in [4.78, 5) is 0. The van der Waals surface area contributed by atoms with Gasteiger partial charge in [0.05, 0.1) is 6.61 Å². The number of halogens is 2. The fourth-order valence-corrected chi connectivity index (χ4v) is 2.52. The standard InChI is InChI=1S/C16H16Br2O2/c1-2-9-19-14-5-3-4-6-15(14)20-16-10-13(18)8-7-12(16)11-17/h3-8,10H,2,9,11H2,1H3. The zero-order valence-corrected chi connectivity index (χ0v) is 14.4. The summed E-state index contributed by atoms with van der Waals surface area (Å²) in [6, 6.07) is 13.7. The average Bonchev–Trinajstić information content (AvgIpc) is 2.47. The molecule has 2 aromatic rings. The minimum absolute atomic E-state index is 0.685. The number of para-hydroxylation sites is 2. The number of hydrogen-bond acceptors (Lipinski definition) is 2. The van der Waals surface area contributed by atoms with Gasteiger partial charge in [-0.15, -0.1) is 0 Å². The Hall–Kier alpha value is -1.000. The number of rotatable bonds is 6. The molecule has 0 bridgehead atoms. The predicted octanol–water partition coefficient (Wildman–Crippen LogP) is 5.93. The lowest BCUT2D eigenvalue weighted by Gasteiger charge is -2.14. The third kappa shape index (κ3) is 4.00. The summed E-state index contributed by atoms with van der Waals surface area (Å²) in [5.41, 5.74) is 1.10. The van der Waals surface area contributed by atoms with Crippen molar-refractivity contribution in [2.75, 3.05) is 6.61 Å². The molecule has 0 N–H and O–H groups in total. The van der Waals surface area contributed by atoms with Crippen molar-refractivity contribution in [2.45, 2.75) is 18.7 Å². The molecule has 2 rings (SSSR count). The number of hydrogen-bond donors (Lipinski definition) is 0. The van der Waals surface area contributed by atoms with E-state index in [2.05, 4.69) is 38.8 Å². The molecule has 0 amide bonds. The van der Waals surface area contributed by atoms with Crippen LogP contribution < -0.4 is 9.47 Å². The fourth-order valence-electron chi connectivity index (χ4n) is 1.72. The van der Waals surface area contributed by atoms with Gasteiger partial charge in [-0.05, 0) is 30.7 Å². The summed E-state index contributed by atoms with van der Waals surface area (Å²) in [5.74, 6) is 2.33. The topological polar surface area (TPSA) is 18.5 Å². The maximum absolute atomic E-state index is 6.02. The van der Waals surface area contributed by atoms with Crippen LogP contribution in [0.4, 0.5) is 0 Å². The molecule has 0 fully saturated rings. The smallest absolute Gasteiger partial charge is 0.169 e. The SMILES string of the molecule is CCCOc1ccccc1Oc1cc(Br)ccc1CBr. The lowest BCUT2D eigenvalue weighted by molar-refractivity contribution is 0.302. The largest absolute Gasteiger partial charge is 0.490 e. The molecule has 0 aliphatic heterocycles. The molecule has 2 nitrogen and oxygen atoms in total. The molecule has 4 heteroatoms. The minimum atomic E-state index is 0.685. The summed E-state index contributed by atoms with van der Waals surface area (Å²) in [6.07, 6.45) is 0.970. The molecule has 0 spiro atoms. The van der Waals surface area contributed by atoms with Crippen LogP contribution in [-0.4, -0.2) is 6.61 Å². The highest BCUT2D eigenvalue weighted by Crippen LogP contribution is 2.35. The third-order valence-corrected chi connectivity index (χ3v) is 3.80. The Morgan fingerprint density at radius 2 is 1.75 bits per heavy atom. The fraction of sp³-hybridized carbons (Fsp3) is 0.250. The lowest BCUT2D eigenvalue weighted by atomic mass is 10.2. The molecule has 0 saturated heterocycles. The zero-order valence-electron chi connectivity index (χ0n) is 11.2. The van der Waals surface area contributed by atoms with Gasteiger partial charge in [-0.25, -0.2) is 0 Å². The molecular formula is C16H16Br2O2. The monoisotopic (exact) mass is 398 g/mol. The molecule has 2 aromatic carbocycles. The molecule has 20 heavy (non-hydrogen) atoms. The maximum Gasteiger partial charge on any atom is 0.169 e. The van der Waals surface area contributed by atoms with E-state index in [-0.39, 0.29) is 0 Å². The first-order chi connectivity index (χ1) is 9.74. The van der Waals surface area contributed by atoms with Gasteiger partial charge >= 0.3 is 0 Å². The van der Waals surface area contributed by atoms with Crippen LogP contribution in [0.5, 0.6) is 17.2 Å². The predicted molar refractivity (Wildman–Crippen MR) is 89.1 cm³/mol. The third-order valence-electron chi connectivity index (χ3n) is 2.70. The normalized spacial score (nSPS) is 10.3. The van der Waals surface area contributed by atoms with Crippen LogP contribution in [-0.2, 0) is 5.33 Å². The minimum Gasteiger partial charge on any atom is -0.490 e. The van der Waals surface area contributed by atoms with E-state index in [1.54, 1.807) is 0 Å². The first-order valence-electron chi connectivity index (χ1n) is 6.48.